The van der Waals surface area contributed by atoms with E-state index in [0.29, 0.717) is 23.3 Å². The molecule has 17 heavy (non-hydrogen) atoms. The number of methoxy groups -OCH3 is 1. The normalized spacial score (nSPS) is 10.2. The highest BCUT2D eigenvalue weighted by atomic mass is 19.1. The Morgan fingerprint density at radius 3 is 2.59 bits per heavy atom. The highest BCUT2D eigenvalue weighted by Gasteiger charge is 2.07. The highest BCUT2D eigenvalue weighted by molar-refractivity contribution is 5.42. The number of phenols is 1. The van der Waals surface area contributed by atoms with Gasteiger partial charge in [-0.05, 0) is 29.8 Å². The van der Waals surface area contributed by atoms with Crippen molar-refractivity contribution < 1.29 is 14.2 Å². The van der Waals surface area contributed by atoms with Crippen molar-refractivity contribution >= 4 is 0 Å². The van der Waals surface area contributed by atoms with Crippen LogP contribution in [0, 0.1) is 5.82 Å². The average Bonchev–Trinajstić information content (AvgIpc) is 2.35. The standard InChI is InChI=1S/C14H13FO2/c1-17-12-6-7-14(16)11(9-12)8-10-4-2-3-5-13(10)15/h2-7,9,16H,8H2,1H3. The van der Waals surface area contributed by atoms with Gasteiger partial charge in [-0.1, -0.05) is 18.2 Å². The lowest BCUT2D eigenvalue weighted by Gasteiger charge is -2.08. The molecule has 2 rings (SSSR count). The Bertz CT molecular complexity index is 523. The second-order valence-electron chi connectivity index (χ2n) is 3.76. The third-order valence-corrected chi connectivity index (χ3v) is 2.63. The van der Waals surface area contributed by atoms with E-state index in [1.807, 2.05) is 0 Å². The van der Waals surface area contributed by atoms with Crippen molar-refractivity contribution in [3.63, 3.8) is 0 Å². The van der Waals surface area contributed by atoms with E-state index in [4.69, 9.17) is 4.74 Å². The number of rotatable bonds is 3. The molecule has 0 spiro atoms. The summed E-state index contributed by atoms with van der Waals surface area (Å²) in [6, 6.07) is 11.5. The van der Waals surface area contributed by atoms with Crippen molar-refractivity contribution in [2.75, 3.05) is 7.11 Å². The van der Waals surface area contributed by atoms with Gasteiger partial charge < -0.3 is 9.84 Å². The molecule has 0 bridgehead atoms. The van der Waals surface area contributed by atoms with Crippen LogP contribution in [0.2, 0.25) is 0 Å². The van der Waals surface area contributed by atoms with E-state index in [-0.39, 0.29) is 11.6 Å². The zero-order chi connectivity index (χ0) is 12.3. The number of halogens is 1. The summed E-state index contributed by atoms with van der Waals surface area (Å²) < 4.78 is 18.5. The first-order valence-corrected chi connectivity index (χ1v) is 5.30. The van der Waals surface area contributed by atoms with Crippen LogP contribution in [0.15, 0.2) is 42.5 Å². The van der Waals surface area contributed by atoms with E-state index >= 15 is 0 Å². The number of ether oxygens (including phenoxy) is 1. The summed E-state index contributed by atoms with van der Waals surface area (Å²) in [5.41, 5.74) is 1.20. The number of benzene rings is 2. The highest BCUT2D eigenvalue weighted by Crippen LogP contribution is 2.25. The molecule has 0 heterocycles. The molecular formula is C14H13FO2. The molecule has 1 N–H and O–H groups in total. The number of hydrogen-bond acceptors (Lipinski definition) is 2. The molecule has 2 nitrogen and oxygen atoms in total. The van der Waals surface area contributed by atoms with Gasteiger partial charge in [0.1, 0.15) is 17.3 Å². The first-order valence-electron chi connectivity index (χ1n) is 5.30. The van der Waals surface area contributed by atoms with Gasteiger partial charge in [0, 0.05) is 12.0 Å². The van der Waals surface area contributed by atoms with E-state index in [1.165, 1.54) is 6.07 Å². The molecule has 0 aliphatic carbocycles. The van der Waals surface area contributed by atoms with Crippen LogP contribution < -0.4 is 4.74 Å². The largest absolute Gasteiger partial charge is 0.508 e. The third kappa shape index (κ3) is 2.56. The van der Waals surface area contributed by atoms with Gasteiger partial charge in [-0.15, -0.1) is 0 Å². The van der Waals surface area contributed by atoms with Crippen LogP contribution in [0.1, 0.15) is 11.1 Å². The second kappa shape index (κ2) is 4.87. The predicted molar refractivity (Wildman–Crippen MR) is 63.9 cm³/mol. The van der Waals surface area contributed by atoms with E-state index in [2.05, 4.69) is 0 Å². The van der Waals surface area contributed by atoms with Crippen molar-refractivity contribution in [2.45, 2.75) is 6.42 Å². The zero-order valence-corrected chi connectivity index (χ0v) is 9.48. The first kappa shape index (κ1) is 11.5. The van der Waals surface area contributed by atoms with Crippen molar-refractivity contribution in [1.82, 2.24) is 0 Å². The molecule has 0 aliphatic heterocycles. The van der Waals surface area contributed by atoms with Crippen molar-refractivity contribution in [2.24, 2.45) is 0 Å². The Hall–Kier alpha value is -2.03. The van der Waals surface area contributed by atoms with Crippen molar-refractivity contribution in [3.8, 4) is 11.5 Å². The molecule has 0 aliphatic rings. The maximum absolute atomic E-state index is 13.5. The SMILES string of the molecule is COc1ccc(O)c(Cc2ccccc2F)c1. The molecule has 0 unspecified atom stereocenters. The Kier molecular flexibility index (Phi) is 3.28. The molecule has 88 valence electrons. The quantitative estimate of drug-likeness (QED) is 0.881. The lowest BCUT2D eigenvalue weighted by Crippen LogP contribution is -1.94. The fourth-order valence-corrected chi connectivity index (χ4v) is 1.68. The minimum absolute atomic E-state index is 0.147. The van der Waals surface area contributed by atoms with Crippen LogP contribution in [0.5, 0.6) is 11.5 Å². The zero-order valence-electron chi connectivity index (χ0n) is 9.48. The van der Waals surface area contributed by atoms with Gasteiger partial charge in [-0.3, -0.25) is 0 Å². The third-order valence-electron chi connectivity index (χ3n) is 2.63. The second-order valence-corrected chi connectivity index (χ2v) is 3.76. The fourth-order valence-electron chi connectivity index (χ4n) is 1.68. The van der Waals surface area contributed by atoms with E-state index < -0.39 is 0 Å². The number of aromatic hydroxyl groups is 1. The lowest BCUT2D eigenvalue weighted by atomic mass is 10.0. The Balaban J connectivity index is 2.32. The molecular weight excluding hydrogens is 219 g/mol. The van der Waals surface area contributed by atoms with Crippen LogP contribution in [0.3, 0.4) is 0 Å². The summed E-state index contributed by atoms with van der Waals surface area (Å²) in [5.74, 6) is 0.526. The predicted octanol–water partition coefficient (Wildman–Crippen LogP) is 3.13. The molecule has 2 aromatic carbocycles. The smallest absolute Gasteiger partial charge is 0.126 e. The molecule has 3 heteroatoms. The van der Waals surface area contributed by atoms with Gasteiger partial charge >= 0.3 is 0 Å². The summed E-state index contributed by atoms with van der Waals surface area (Å²) in [4.78, 5) is 0. The summed E-state index contributed by atoms with van der Waals surface area (Å²) in [7, 11) is 1.55. The molecule has 0 aromatic heterocycles. The maximum Gasteiger partial charge on any atom is 0.126 e. The Morgan fingerprint density at radius 2 is 1.88 bits per heavy atom. The molecule has 2 aromatic rings. The molecule has 0 amide bonds. The molecule has 0 saturated heterocycles. The molecule has 0 saturated carbocycles. The first-order chi connectivity index (χ1) is 8.20. The maximum atomic E-state index is 13.5. The summed E-state index contributed by atoms with van der Waals surface area (Å²) in [6.07, 6.45) is 0.343. The monoisotopic (exact) mass is 232 g/mol. The Labute approximate surface area is 99.3 Å². The molecule has 0 atom stereocenters. The van der Waals surface area contributed by atoms with Crippen LogP contribution in [0.4, 0.5) is 4.39 Å². The van der Waals surface area contributed by atoms with E-state index in [0.717, 1.165) is 0 Å². The minimum atomic E-state index is -0.269. The number of phenolic OH excluding ortho intramolecular Hbond substituents is 1. The van der Waals surface area contributed by atoms with Gasteiger partial charge in [0.25, 0.3) is 0 Å². The van der Waals surface area contributed by atoms with Gasteiger partial charge in [0.15, 0.2) is 0 Å². The molecule has 0 radical (unpaired) electrons. The lowest BCUT2D eigenvalue weighted by molar-refractivity contribution is 0.411. The fraction of sp³-hybridized carbons (Fsp3) is 0.143. The van der Waals surface area contributed by atoms with Crippen molar-refractivity contribution in [1.29, 1.82) is 0 Å². The van der Waals surface area contributed by atoms with Gasteiger partial charge in [0.05, 0.1) is 7.11 Å². The minimum Gasteiger partial charge on any atom is -0.508 e. The number of hydrogen-bond donors (Lipinski definition) is 1. The Morgan fingerprint density at radius 1 is 1.12 bits per heavy atom. The van der Waals surface area contributed by atoms with Gasteiger partial charge in [-0.2, -0.15) is 0 Å². The van der Waals surface area contributed by atoms with Gasteiger partial charge in [-0.25, -0.2) is 4.39 Å². The van der Waals surface area contributed by atoms with Crippen LogP contribution in [-0.4, -0.2) is 12.2 Å². The van der Waals surface area contributed by atoms with Gasteiger partial charge in [0.2, 0.25) is 0 Å². The summed E-state index contributed by atoms with van der Waals surface area (Å²) in [6.45, 7) is 0. The van der Waals surface area contributed by atoms with E-state index in [9.17, 15) is 9.50 Å². The summed E-state index contributed by atoms with van der Waals surface area (Å²) >= 11 is 0. The average molecular weight is 232 g/mol. The summed E-state index contributed by atoms with van der Waals surface area (Å²) in [5, 5.41) is 9.70. The van der Waals surface area contributed by atoms with Crippen LogP contribution in [0.25, 0.3) is 0 Å². The van der Waals surface area contributed by atoms with E-state index in [1.54, 1.807) is 43.5 Å². The van der Waals surface area contributed by atoms with Crippen LogP contribution >= 0.6 is 0 Å². The molecule has 0 fully saturated rings. The van der Waals surface area contributed by atoms with Crippen LogP contribution in [-0.2, 0) is 6.42 Å². The topological polar surface area (TPSA) is 29.5 Å². The van der Waals surface area contributed by atoms with Crippen molar-refractivity contribution in [3.05, 3.63) is 59.4 Å².